The molecular formula is C21H22ClFN2O. The first-order chi connectivity index (χ1) is 12.4. The molecule has 0 saturated heterocycles. The summed E-state index contributed by atoms with van der Waals surface area (Å²) in [5, 5.41) is 0.460. The van der Waals surface area contributed by atoms with Gasteiger partial charge in [-0.25, -0.2) is 4.39 Å². The Morgan fingerprint density at radius 3 is 2.58 bits per heavy atom. The number of carbonyl (C=O) groups is 1. The van der Waals surface area contributed by atoms with Crippen molar-refractivity contribution in [3.63, 3.8) is 0 Å². The van der Waals surface area contributed by atoms with Crippen molar-refractivity contribution >= 4 is 23.1 Å². The maximum Gasteiger partial charge on any atom is 0.240 e. The molecule has 2 aromatic carbocycles. The molecule has 3 rings (SSSR count). The molecule has 0 saturated carbocycles. The number of hydrogen-bond acceptors (Lipinski definition) is 2. The lowest BCUT2D eigenvalue weighted by atomic mass is 10.0. The summed E-state index contributed by atoms with van der Waals surface area (Å²) in [4.78, 5) is 14.7. The van der Waals surface area contributed by atoms with Crippen LogP contribution in [-0.4, -0.2) is 23.4 Å². The smallest absolute Gasteiger partial charge is 0.240 e. The minimum Gasteiger partial charge on any atom is -0.326 e. The van der Waals surface area contributed by atoms with E-state index >= 15 is 0 Å². The van der Waals surface area contributed by atoms with E-state index in [0.29, 0.717) is 17.1 Å². The van der Waals surface area contributed by atoms with Crippen molar-refractivity contribution in [2.45, 2.75) is 25.9 Å². The number of carbonyl (C=O) groups excluding carboxylic acids is 1. The monoisotopic (exact) mass is 372 g/mol. The fraction of sp³-hybridized carbons (Fsp3) is 0.286. The molecule has 2 atom stereocenters. The van der Waals surface area contributed by atoms with Crippen LogP contribution in [0.3, 0.4) is 0 Å². The molecule has 0 radical (unpaired) electrons. The Kier molecular flexibility index (Phi) is 5.44. The summed E-state index contributed by atoms with van der Waals surface area (Å²) in [7, 11) is 0. The normalized spacial score (nSPS) is 18.2. The number of benzene rings is 2. The quantitative estimate of drug-likeness (QED) is 0.863. The third kappa shape index (κ3) is 3.67. The molecule has 0 aromatic heterocycles. The van der Waals surface area contributed by atoms with E-state index in [1.54, 1.807) is 11.0 Å². The van der Waals surface area contributed by atoms with Crippen molar-refractivity contribution in [1.82, 2.24) is 4.90 Å². The van der Waals surface area contributed by atoms with Crippen molar-refractivity contribution in [3.05, 3.63) is 76.6 Å². The topological polar surface area (TPSA) is 46.3 Å². The fourth-order valence-corrected chi connectivity index (χ4v) is 3.32. The van der Waals surface area contributed by atoms with Gasteiger partial charge in [0.1, 0.15) is 5.82 Å². The zero-order valence-corrected chi connectivity index (χ0v) is 15.6. The number of hydrogen-bond donors (Lipinski definition) is 1. The highest BCUT2D eigenvalue weighted by Crippen LogP contribution is 2.36. The van der Waals surface area contributed by atoms with Crippen molar-refractivity contribution in [2.24, 2.45) is 11.7 Å². The van der Waals surface area contributed by atoms with E-state index in [2.05, 4.69) is 0 Å². The number of rotatable bonds is 4. The molecule has 1 amide bonds. The first-order valence-corrected chi connectivity index (χ1v) is 9.03. The maximum atomic E-state index is 14.3. The van der Waals surface area contributed by atoms with Crippen LogP contribution in [0.25, 0.3) is 5.57 Å². The second-order valence-corrected chi connectivity index (χ2v) is 7.34. The van der Waals surface area contributed by atoms with Gasteiger partial charge in [0.05, 0.1) is 12.1 Å². The van der Waals surface area contributed by atoms with Crippen LogP contribution in [0.15, 0.2) is 54.6 Å². The van der Waals surface area contributed by atoms with Gasteiger partial charge in [-0.3, -0.25) is 4.79 Å². The SMILES string of the molecule is CC(C)C(N)C(=O)N1CC(c2cc(Cl)ccc2F)=CC1c1ccccc1. The Balaban J connectivity index is 2.01. The molecule has 1 heterocycles. The summed E-state index contributed by atoms with van der Waals surface area (Å²) < 4.78 is 14.3. The standard InChI is InChI=1S/C21H22ClFN2O/c1-13(2)20(24)21(26)25-12-15(17-11-16(22)8-9-18(17)23)10-19(25)14-6-4-3-5-7-14/h3-11,13,19-20H,12,24H2,1-2H3. The van der Waals surface area contributed by atoms with Gasteiger partial charge in [-0.1, -0.05) is 61.9 Å². The van der Waals surface area contributed by atoms with Gasteiger partial charge in [0.15, 0.2) is 0 Å². The molecule has 136 valence electrons. The highest BCUT2D eigenvalue weighted by Gasteiger charge is 2.34. The summed E-state index contributed by atoms with van der Waals surface area (Å²) in [5.74, 6) is -0.469. The molecule has 2 unspecified atom stereocenters. The van der Waals surface area contributed by atoms with Crippen molar-refractivity contribution in [1.29, 1.82) is 0 Å². The second-order valence-electron chi connectivity index (χ2n) is 6.91. The van der Waals surface area contributed by atoms with Crippen LogP contribution >= 0.6 is 11.6 Å². The molecule has 0 aliphatic carbocycles. The van der Waals surface area contributed by atoms with Gasteiger partial charge >= 0.3 is 0 Å². The van der Waals surface area contributed by atoms with Gasteiger partial charge < -0.3 is 10.6 Å². The second kappa shape index (κ2) is 7.60. The fourth-order valence-electron chi connectivity index (χ4n) is 3.15. The molecule has 0 spiro atoms. The maximum absolute atomic E-state index is 14.3. The van der Waals surface area contributed by atoms with Gasteiger partial charge in [-0.05, 0) is 35.3 Å². The summed E-state index contributed by atoms with van der Waals surface area (Å²) in [6.45, 7) is 4.14. The average molecular weight is 373 g/mol. The van der Waals surface area contributed by atoms with Crippen LogP contribution < -0.4 is 5.73 Å². The third-order valence-electron chi connectivity index (χ3n) is 4.74. The summed E-state index contributed by atoms with van der Waals surface area (Å²) in [5.41, 5.74) is 8.24. The van der Waals surface area contributed by atoms with Crippen LogP contribution in [-0.2, 0) is 4.79 Å². The Morgan fingerprint density at radius 2 is 1.92 bits per heavy atom. The number of nitrogens with two attached hydrogens (primary N) is 1. The number of nitrogens with zero attached hydrogens (tertiary/aromatic N) is 1. The predicted molar refractivity (Wildman–Crippen MR) is 103 cm³/mol. The Labute approximate surface area is 158 Å². The zero-order chi connectivity index (χ0) is 18.8. The summed E-state index contributed by atoms with van der Waals surface area (Å²) in [6.07, 6.45) is 1.93. The molecular weight excluding hydrogens is 351 g/mol. The Bertz CT molecular complexity index is 835. The molecule has 0 fully saturated rings. The largest absolute Gasteiger partial charge is 0.326 e. The number of halogens is 2. The molecule has 5 heteroatoms. The lowest BCUT2D eigenvalue weighted by molar-refractivity contribution is -0.134. The van der Waals surface area contributed by atoms with Crippen molar-refractivity contribution in [2.75, 3.05) is 6.54 Å². The predicted octanol–water partition coefficient (Wildman–Crippen LogP) is 4.43. The van der Waals surface area contributed by atoms with Crippen molar-refractivity contribution < 1.29 is 9.18 Å². The molecule has 2 aromatic rings. The van der Waals surface area contributed by atoms with E-state index in [9.17, 15) is 9.18 Å². The molecule has 2 N–H and O–H groups in total. The average Bonchev–Trinajstić information content (AvgIpc) is 3.08. The van der Waals surface area contributed by atoms with E-state index in [1.165, 1.54) is 12.1 Å². The van der Waals surface area contributed by atoms with Gasteiger partial charge in [-0.2, -0.15) is 0 Å². The van der Waals surface area contributed by atoms with Crippen LogP contribution in [0.5, 0.6) is 0 Å². The van der Waals surface area contributed by atoms with E-state index in [1.807, 2.05) is 50.3 Å². The van der Waals surface area contributed by atoms with E-state index in [0.717, 1.165) is 11.1 Å². The highest BCUT2D eigenvalue weighted by molar-refractivity contribution is 6.30. The van der Waals surface area contributed by atoms with E-state index in [-0.39, 0.29) is 23.7 Å². The lowest BCUT2D eigenvalue weighted by Crippen LogP contribution is -2.46. The Hall–Kier alpha value is -2.17. The van der Waals surface area contributed by atoms with Gasteiger partial charge in [0, 0.05) is 17.1 Å². The van der Waals surface area contributed by atoms with Crippen LogP contribution in [0.4, 0.5) is 4.39 Å². The van der Waals surface area contributed by atoms with Gasteiger partial charge in [-0.15, -0.1) is 0 Å². The molecule has 1 aliphatic heterocycles. The minimum absolute atomic E-state index is 0.0193. The molecule has 1 aliphatic rings. The summed E-state index contributed by atoms with van der Waals surface area (Å²) >= 11 is 6.05. The van der Waals surface area contributed by atoms with Crippen LogP contribution in [0.1, 0.15) is 31.0 Å². The lowest BCUT2D eigenvalue weighted by Gasteiger charge is -2.29. The van der Waals surface area contributed by atoms with Gasteiger partial charge in [0.25, 0.3) is 0 Å². The van der Waals surface area contributed by atoms with Crippen molar-refractivity contribution in [3.8, 4) is 0 Å². The first kappa shape index (κ1) is 18.6. The zero-order valence-electron chi connectivity index (χ0n) is 14.8. The molecule has 3 nitrogen and oxygen atoms in total. The van der Waals surface area contributed by atoms with E-state index < -0.39 is 6.04 Å². The minimum atomic E-state index is -0.599. The Morgan fingerprint density at radius 1 is 1.23 bits per heavy atom. The highest BCUT2D eigenvalue weighted by atomic mass is 35.5. The van der Waals surface area contributed by atoms with Crippen LogP contribution in [0.2, 0.25) is 5.02 Å². The first-order valence-electron chi connectivity index (χ1n) is 8.65. The van der Waals surface area contributed by atoms with E-state index in [4.69, 9.17) is 17.3 Å². The number of amides is 1. The van der Waals surface area contributed by atoms with Gasteiger partial charge in [0.2, 0.25) is 5.91 Å². The molecule has 26 heavy (non-hydrogen) atoms. The third-order valence-corrected chi connectivity index (χ3v) is 4.97. The van der Waals surface area contributed by atoms with Crippen LogP contribution in [0, 0.1) is 11.7 Å². The summed E-state index contributed by atoms with van der Waals surface area (Å²) in [6, 6.07) is 13.3. The molecule has 0 bridgehead atoms.